The van der Waals surface area contributed by atoms with E-state index >= 15 is 0 Å². The second-order valence-electron chi connectivity index (χ2n) is 9.56. The molecule has 0 saturated heterocycles. The molecule has 1 atom stereocenters. The van der Waals surface area contributed by atoms with E-state index in [0.29, 0.717) is 5.56 Å². The molecular weight excluding hydrogens is 466 g/mol. The number of nitrogens with zero attached hydrogens (tertiary/aromatic N) is 1. The summed E-state index contributed by atoms with van der Waals surface area (Å²) in [4.78, 5) is 13.7. The lowest BCUT2D eigenvalue weighted by atomic mass is 9.96. The fourth-order valence-electron chi connectivity index (χ4n) is 5.04. The molecule has 8 heteroatoms. The van der Waals surface area contributed by atoms with Crippen LogP contribution in [0.2, 0.25) is 0 Å². The molecule has 0 saturated carbocycles. The van der Waals surface area contributed by atoms with Gasteiger partial charge in [-0.25, -0.2) is 14.1 Å². The summed E-state index contributed by atoms with van der Waals surface area (Å²) in [7, 11) is -3.51. The minimum atomic E-state index is -3.51. The summed E-state index contributed by atoms with van der Waals surface area (Å²) in [6, 6.07) is 12.8. The van der Waals surface area contributed by atoms with Crippen molar-refractivity contribution in [3.05, 3.63) is 70.3 Å². The topological polar surface area (TPSA) is 105 Å². The molecule has 2 aromatic carbocycles. The average molecular weight is 496 g/mol. The number of hydrogen-bond donors (Lipinski definition) is 3. The standard InChI is InChI=1S/C26H29N3O3S2/c1-26(2,31)21-15-22(33-24(21)16-8-4-3-5-9-16)34(27,32)29-25(30)28-23-19-12-6-10-17(19)14-18-11-7-13-20(18)23/h3-5,8-9,14-15,31H,6-7,10-13H2,1-2H3,(H3,27,28,29,30,32)/t34-/m0/s1. The van der Waals surface area contributed by atoms with Gasteiger partial charge in [0, 0.05) is 16.1 Å². The van der Waals surface area contributed by atoms with Crippen LogP contribution in [0, 0.1) is 0 Å². The number of benzene rings is 2. The minimum Gasteiger partial charge on any atom is -0.386 e. The Hall–Kier alpha value is -2.52. The smallest absolute Gasteiger partial charge is 0.354 e. The zero-order valence-corrected chi connectivity index (χ0v) is 21.0. The van der Waals surface area contributed by atoms with Crippen molar-refractivity contribution in [3.8, 4) is 10.4 Å². The predicted octanol–water partition coefficient (Wildman–Crippen LogP) is 5.55. The van der Waals surface area contributed by atoms with Crippen molar-refractivity contribution < 1.29 is 14.1 Å². The number of hydrogen-bond acceptors (Lipinski definition) is 4. The fraction of sp³-hybridized carbons (Fsp3) is 0.346. The Morgan fingerprint density at radius 3 is 2.26 bits per heavy atom. The van der Waals surface area contributed by atoms with Gasteiger partial charge in [0.15, 0.2) is 9.92 Å². The SMILES string of the molecule is CC(C)(O)c1cc([S@@](N)(=O)=NC(=O)Nc2c3c(cc4c2CCC4)CCC3)sc1-c1ccccc1. The molecule has 2 aliphatic carbocycles. The monoisotopic (exact) mass is 495 g/mol. The lowest BCUT2D eigenvalue weighted by Crippen LogP contribution is -2.18. The van der Waals surface area contributed by atoms with Gasteiger partial charge in [0.25, 0.3) is 0 Å². The quantitative estimate of drug-likeness (QED) is 0.442. The van der Waals surface area contributed by atoms with Crippen LogP contribution in [0.1, 0.15) is 54.5 Å². The van der Waals surface area contributed by atoms with E-state index < -0.39 is 21.5 Å². The molecule has 2 aliphatic rings. The summed E-state index contributed by atoms with van der Waals surface area (Å²) in [5.74, 6) is 0. The van der Waals surface area contributed by atoms with E-state index in [4.69, 9.17) is 5.14 Å². The summed E-state index contributed by atoms with van der Waals surface area (Å²) in [5.41, 5.74) is 6.11. The van der Waals surface area contributed by atoms with Gasteiger partial charge in [0.05, 0.1) is 5.60 Å². The maximum Gasteiger partial charge on any atom is 0.354 e. The van der Waals surface area contributed by atoms with Gasteiger partial charge < -0.3 is 10.4 Å². The van der Waals surface area contributed by atoms with Crippen molar-refractivity contribution in [1.29, 1.82) is 0 Å². The Morgan fingerprint density at radius 2 is 1.68 bits per heavy atom. The predicted molar refractivity (Wildman–Crippen MR) is 138 cm³/mol. The molecule has 4 N–H and O–H groups in total. The highest BCUT2D eigenvalue weighted by Crippen LogP contribution is 2.41. The van der Waals surface area contributed by atoms with Crippen molar-refractivity contribution in [3.63, 3.8) is 0 Å². The van der Waals surface area contributed by atoms with E-state index in [-0.39, 0.29) is 4.21 Å². The number of thiophene rings is 1. The molecule has 0 bridgehead atoms. The Morgan fingerprint density at radius 1 is 1.06 bits per heavy atom. The highest BCUT2D eigenvalue weighted by atomic mass is 32.2. The van der Waals surface area contributed by atoms with E-state index in [1.165, 1.54) is 33.6 Å². The van der Waals surface area contributed by atoms with Crippen LogP contribution in [-0.2, 0) is 41.2 Å². The van der Waals surface area contributed by atoms with E-state index in [9.17, 15) is 14.1 Å². The van der Waals surface area contributed by atoms with E-state index in [0.717, 1.165) is 54.7 Å². The Bertz CT molecular complexity index is 1360. The van der Waals surface area contributed by atoms with Gasteiger partial charge in [-0.1, -0.05) is 36.4 Å². The third kappa shape index (κ3) is 4.31. The second kappa shape index (κ2) is 8.61. The highest BCUT2D eigenvalue weighted by Gasteiger charge is 2.28. The molecule has 1 heterocycles. The van der Waals surface area contributed by atoms with Gasteiger partial charge >= 0.3 is 6.03 Å². The Kier molecular flexibility index (Phi) is 5.88. The lowest BCUT2D eigenvalue weighted by Gasteiger charge is -2.18. The highest BCUT2D eigenvalue weighted by molar-refractivity contribution is 7.93. The molecule has 5 rings (SSSR count). The number of carbonyl (C=O) groups excluding carboxylic acids is 1. The van der Waals surface area contributed by atoms with Gasteiger partial charge in [-0.2, -0.15) is 0 Å². The van der Waals surface area contributed by atoms with Crippen LogP contribution in [0.25, 0.3) is 10.4 Å². The molecule has 34 heavy (non-hydrogen) atoms. The third-order valence-electron chi connectivity index (χ3n) is 6.62. The van der Waals surface area contributed by atoms with Crippen LogP contribution in [0.5, 0.6) is 0 Å². The molecule has 2 amide bonds. The molecular formula is C26H29N3O3S2. The molecule has 0 unspecified atom stereocenters. The number of nitrogens with two attached hydrogens (primary N) is 1. The number of rotatable bonds is 4. The molecule has 0 radical (unpaired) electrons. The number of anilines is 1. The van der Waals surface area contributed by atoms with Crippen LogP contribution in [-0.4, -0.2) is 15.3 Å². The summed E-state index contributed by atoms with van der Waals surface area (Å²) in [6.45, 7) is 3.34. The van der Waals surface area contributed by atoms with Gasteiger partial charge in [0.1, 0.15) is 4.21 Å². The van der Waals surface area contributed by atoms with Crippen LogP contribution in [0.15, 0.2) is 51.0 Å². The summed E-state index contributed by atoms with van der Waals surface area (Å²) in [6.07, 6.45) is 6.04. The van der Waals surface area contributed by atoms with Crippen LogP contribution in [0.3, 0.4) is 0 Å². The van der Waals surface area contributed by atoms with E-state index in [1.807, 2.05) is 30.3 Å². The van der Waals surface area contributed by atoms with Crippen molar-refractivity contribution in [2.75, 3.05) is 5.32 Å². The maximum atomic E-state index is 13.5. The number of nitrogens with one attached hydrogen (secondary N) is 1. The number of carbonyl (C=O) groups is 1. The van der Waals surface area contributed by atoms with Crippen LogP contribution >= 0.6 is 11.3 Å². The molecule has 3 aromatic rings. The van der Waals surface area contributed by atoms with Gasteiger partial charge in [0.2, 0.25) is 0 Å². The molecule has 0 spiro atoms. The Balaban J connectivity index is 1.51. The van der Waals surface area contributed by atoms with Crippen molar-refractivity contribution in [2.24, 2.45) is 9.50 Å². The first-order valence-electron chi connectivity index (χ1n) is 11.6. The van der Waals surface area contributed by atoms with Gasteiger partial charge in [-0.3, -0.25) is 0 Å². The number of aryl methyl sites for hydroxylation is 2. The summed E-state index contributed by atoms with van der Waals surface area (Å²) < 4.78 is 17.7. The zero-order valence-electron chi connectivity index (χ0n) is 19.4. The molecule has 0 aliphatic heterocycles. The largest absolute Gasteiger partial charge is 0.386 e. The first-order chi connectivity index (χ1) is 16.1. The molecule has 0 fully saturated rings. The summed E-state index contributed by atoms with van der Waals surface area (Å²) >= 11 is 1.20. The number of urea groups is 1. The number of amides is 2. The average Bonchev–Trinajstić information content (AvgIpc) is 3.52. The normalized spacial score (nSPS) is 16.6. The maximum absolute atomic E-state index is 13.5. The minimum absolute atomic E-state index is 0.266. The van der Waals surface area contributed by atoms with Crippen molar-refractivity contribution in [1.82, 2.24) is 0 Å². The molecule has 178 valence electrons. The Labute approximate surface area is 204 Å². The van der Waals surface area contributed by atoms with Gasteiger partial charge in [-0.05, 0) is 86.3 Å². The summed E-state index contributed by atoms with van der Waals surface area (Å²) in [5, 5.41) is 19.8. The molecule has 1 aromatic heterocycles. The first-order valence-corrected chi connectivity index (χ1v) is 14.0. The lowest BCUT2D eigenvalue weighted by molar-refractivity contribution is 0.0795. The number of aliphatic hydroxyl groups is 1. The van der Waals surface area contributed by atoms with Crippen molar-refractivity contribution in [2.45, 2.75) is 62.2 Å². The van der Waals surface area contributed by atoms with E-state index in [2.05, 4.69) is 15.7 Å². The van der Waals surface area contributed by atoms with Crippen LogP contribution in [0.4, 0.5) is 10.5 Å². The first kappa shape index (κ1) is 23.2. The number of fused-ring (bicyclic) bond motifs is 2. The van der Waals surface area contributed by atoms with Crippen molar-refractivity contribution >= 4 is 33.0 Å². The van der Waals surface area contributed by atoms with Crippen LogP contribution < -0.4 is 10.5 Å². The van der Waals surface area contributed by atoms with E-state index in [1.54, 1.807) is 19.9 Å². The molecule has 6 nitrogen and oxygen atoms in total. The second-order valence-corrected chi connectivity index (χ2v) is 12.6. The fourth-order valence-corrected chi connectivity index (χ4v) is 7.59. The zero-order chi connectivity index (χ0) is 24.1. The van der Waals surface area contributed by atoms with Gasteiger partial charge in [-0.15, -0.1) is 15.7 Å². The third-order valence-corrected chi connectivity index (χ3v) is 9.69.